The summed E-state index contributed by atoms with van der Waals surface area (Å²) in [6.07, 6.45) is 0.980. The number of aryl methyl sites for hydroxylation is 2. The summed E-state index contributed by atoms with van der Waals surface area (Å²) in [7, 11) is 1.94. The van der Waals surface area contributed by atoms with Crippen molar-refractivity contribution in [2.45, 2.75) is 30.5 Å². The zero-order valence-electron chi connectivity index (χ0n) is 11.4. The summed E-state index contributed by atoms with van der Waals surface area (Å²) in [6, 6.07) is 2.13. The number of thiophene rings is 1. The number of nitrogens with zero attached hydrogens (tertiary/aromatic N) is 5. The van der Waals surface area contributed by atoms with Crippen molar-refractivity contribution in [1.82, 2.24) is 24.7 Å². The molecule has 3 rings (SSSR count). The zero-order chi connectivity index (χ0) is 14.3. The monoisotopic (exact) mass is 306 g/mol. The van der Waals surface area contributed by atoms with Gasteiger partial charge >= 0.3 is 0 Å². The summed E-state index contributed by atoms with van der Waals surface area (Å²) < 4.78 is 1.93. The summed E-state index contributed by atoms with van der Waals surface area (Å²) in [5.74, 6) is 1.16. The zero-order valence-corrected chi connectivity index (χ0v) is 13.0. The fraction of sp³-hybridized carbons (Fsp3) is 0.333. The molecule has 2 N–H and O–H groups in total. The van der Waals surface area contributed by atoms with E-state index >= 15 is 0 Å². The summed E-state index contributed by atoms with van der Waals surface area (Å²) in [5, 5.41) is 10.9. The quantitative estimate of drug-likeness (QED) is 0.748. The first-order valence-corrected chi connectivity index (χ1v) is 7.81. The molecule has 0 aliphatic rings. The van der Waals surface area contributed by atoms with Crippen molar-refractivity contribution in [1.29, 1.82) is 0 Å². The number of rotatable bonds is 3. The number of nitrogens with two attached hydrogens (primary N) is 1. The Balaban J connectivity index is 2.10. The van der Waals surface area contributed by atoms with Crippen molar-refractivity contribution in [3.05, 3.63) is 16.8 Å². The molecule has 8 heteroatoms. The Hall–Kier alpha value is -1.67. The molecule has 0 amide bonds. The third-order valence-electron chi connectivity index (χ3n) is 3.02. The molecule has 0 saturated heterocycles. The fourth-order valence-corrected chi connectivity index (χ4v) is 3.74. The molecule has 3 heterocycles. The Labute approximate surface area is 124 Å². The Morgan fingerprint density at radius 2 is 2.15 bits per heavy atom. The normalized spacial score (nSPS) is 11.3. The molecular weight excluding hydrogens is 292 g/mol. The van der Waals surface area contributed by atoms with Gasteiger partial charge in [-0.25, -0.2) is 9.97 Å². The van der Waals surface area contributed by atoms with Crippen molar-refractivity contribution in [3.63, 3.8) is 0 Å². The van der Waals surface area contributed by atoms with Gasteiger partial charge in [0.15, 0.2) is 5.16 Å². The van der Waals surface area contributed by atoms with Gasteiger partial charge in [-0.2, -0.15) is 0 Å². The first kappa shape index (κ1) is 13.3. The molecule has 0 spiro atoms. The number of hydrogen-bond donors (Lipinski definition) is 1. The Morgan fingerprint density at radius 1 is 1.35 bits per heavy atom. The highest BCUT2D eigenvalue weighted by Gasteiger charge is 2.14. The minimum absolute atomic E-state index is 0.295. The lowest BCUT2D eigenvalue weighted by molar-refractivity contribution is 0.765. The van der Waals surface area contributed by atoms with Crippen LogP contribution in [0.15, 0.2) is 16.2 Å². The molecule has 0 bridgehead atoms. The molecule has 0 unspecified atom stereocenters. The number of fused-ring (bicyclic) bond motifs is 1. The van der Waals surface area contributed by atoms with Crippen LogP contribution in [-0.4, -0.2) is 24.7 Å². The van der Waals surface area contributed by atoms with Crippen molar-refractivity contribution in [2.24, 2.45) is 7.05 Å². The van der Waals surface area contributed by atoms with Crippen molar-refractivity contribution in [3.8, 4) is 0 Å². The van der Waals surface area contributed by atoms with Crippen LogP contribution in [0.4, 0.5) is 5.95 Å². The standard InChI is InChI=1S/C12H14N6S2/c1-4-7-5-8-9(19-7)14-11(13)15-10(8)20-12-17-16-6(2)18(12)3/h5H,4H2,1-3H3,(H2,13,14,15). The molecule has 0 aliphatic carbocycles. The van der Waals surface area contributed by atoms with Gasteiger partial charge in [0.25, 0.3) is 0 Å². The van der Waals surface area contributed by atoms with Crippen LogP contribution < -0.4 is 5.73 Å². The second-order valence-corrected chi connectivity index (χ2v) is 6.43. The summed E-state index contributed by atoms with van der Waals surface area (Å²) >= 11 is 3.13. The average Bonchev–Trinajstić information content (AvgIpc) is 2.96. The van der Waals surface area contributed by atoms with Gasteiger partial charge in [-0.15, -0.1) is 21.5 Å². The minimum Gasteiger partial charge on any atom is -0.368 e. The third-order valence-corrected chi connectivity index (χ3v) is 5.23. The fourth-order valence-electron chi connectivity index (χ4n) is 1.78. The molecule has 20 heavy (non-hydrogen) atoms. The van der Waals surface area contributed by atoms with Gasteiger partial charge in [-0.3, -0.25) is 0 Å². The van der Waals surface area contributed by atoms with E-state index in [9.17, 15) is 0 Å². The largest absolute Gasteiger partial charge is 0.368 e. The Bertz CT molecular complexity index is 776. The van der Waals surface area contributed by atoms with E-state index in [1.54, 1.807) is 11.3 Å². The van der Waals surface area contributed by atoms with Crippen LogP contribution >= 0.6 is 23.1 Å². The molecule has 3 aromatic rings. The average molecular weight is 306 g/mol. The molecule has 0 fully saturated rings. The minimum atomic E-state index is 0.295. The molecule has 3 aromatic heterocycles. The van der Waals surface area contributed by atoms with E-state index in [4.69, 9.17) is 5.73 Å². The molecule has 6 nitrogen and oxygen atoms in total. The van der Waals surface area contributed by atoms with Crippen LogP contribution in [0.1, 0.15) is 17.6 Å². The van der Waals surface area contributed by atoms with Crippen LogP contribution in [0.2, 0.25) is 0 Å². The first-order valence-electron chi connectivity index (χ1n) is 6.18. The van der Waals surface area contributed by atoms with E-state index < -0.39 is 0 Å². The highest BCUT2D eigenvalue weighted by atomic mass is 32.2. The van der Waals surface area contributed by atoms with Gasteiger partial charge in [-0.05, 0) is 31.2 Å². The third kappa shape index (κ3) is 2.25. The van der Waals surface area contributed by atoms with Gasteiger partial charge in [0, 0.05) is 17.3 Å². The van der Waals surface area contributed by atoms with E-state index in [0.29, 0.717) is 5.95 Å². The second kappa shape index (κ2) is 5.02. The van der Waals surface area contributed by atoms with E-state index in [-0.39, 0.29) is 0 Å². The maximum atomic E-state index is 5.80. The Kier molecular flexibility index (Phi) is 3.35. The molecule has 0 saturated carbocycles. The molecule has 0 atom stereocenters. The lowest BCUT2D eigenvalue weighted by atomic mass is 10.3. The lowest BCUT2D eigenvalue weighted by Gasteiger charge is -2.03. The first-order chi connectivity index (χ1) is 9.58. The Morgan fingerprint density at radius 3 is 2.80 bits per heavy atom. The number of aromatic nitrogens is 5. The second-order valence-electron chi connectivity index (χ2n) is 4.36. The van der Waals surface area contributed by atoms with E-state index in [1.807, 2.05) is 18.5 Å². The highest BCUT2D eigenvalue weighted by Crippen LogP contribution is 2.35. The SMILES string of the molecule is CCc1cc2c(Sc3nnc(C)n3C)nc(N)nc2s1. The predicted octanol–water partition coefficient (Wildman–Crippen LogP) is 2.42. The summed E-state index contributed by atoms with van der Waals surface area (Å²) in [4.78, 5) is 10.9. The van der Waals surface area contributed by atoms with Gasteiger partial charge < -0.3 is 10.3 Å². The predicted molar refractivity (Wildman–Crippen MR) is 81.1 cm³/mol. The van der Waals surface area contributed by atoms with E-state index in [1.165, 1.54) is 16.6 Å². The number of nitrogen functional groups attached to an aromatic ring is 1. The molecule has 104 valence electrons. The van der Waals surface area contributed by atoms with Crippen LogP contribution in [0.5, 0.6) is 0 Å². The van der Waals surface area contributed by atoms with Crippen molar-refractivity contribution >= 4 is 39.3 Å². The lowest BCUT2D eigenvalue weighted by Crippen LogP contribution is -1.97. The van der Waals surface area contributed by atoms with Crippen LogP contribution in [0.25, 0.3) is 10.2 Å². The molecule has 0 radical (unpaired) electrons. The molecule has 0 aromatic carbocycles. The van der Waals surface area contributed by atoms with Gasteiger partial charge in [-0.1, -0.05) is 6.92 Å². The van der Waals surface area contributed by atoms with E-state index in [2.05, 4.69) is 33.2 Å². The van der Waals surface area contributed by atoms with Crippen LogP contribution in [-0.2, 0) is 13.5 Å². The number of anilines is 1. The highest BCUT2D eigenvalue weighted by molar-refractivity contribution is 7.99. The van der Waals surface area contributed by atoms with Gasteiger partial charge in [0.2, 0.25) is 5.95 Å². The van der Waals surface area contributed by atoms with Crippen LogP contribution in [0, 0.1) is 6.92 Å². The maximum absolute atomic E-state index is 5.80. The van der Waals surface area contributed by atoms with Crippen LogP contribution in [0.3, 0.4) is 0 Å². The number of hydrogen-bond acceptors (Lipinski definition) is 7. The van der Waals surface area contributed by atoms with Gasteiger partial charge in [0.1, 0.15) is 15.7 Å². The summed E-state index contributed by atoms with van der Waals surface area (Å²) in [6.45, 7) is 4.04. The van der Waals surface area contributed by atoms with E-state index in [0.717, 1.165) is 32.6 Å². The van der Waals surface area contributed by atoms with Gasteiger partial charge in [0.05, 0.1) is 0 Å². The smallest absolute Gasteiger partial charge is 0.222 e. The molecular formula is C12H14N6S2. The topological polar surface area (TPSA) is 82.5 Å². The van der Waals surface area contributed by atoms with Crippen molar-refractivity contribution in [2.75, 3.05) is 5.73 Å². The van der Waals surface area contributed by atoms with Crippen molar-refractivity contribution < 1.29 is 0 Å². The molecule has 0 aliphatic heterocycles. The maximum Gasteiger partial charge on any atom is 0.222 e. The summed E-state index contributed by atoms with van der Waals surface area (Å²) in [5.41, 5.74) is 5.80.